The molecule has 31 heavy (non-hydrogen) atoms. The highest BCUT2D eigenvalue weighted by Crippen LogP contribution is 2.52. The lowest BCUT2D eigenvalue weighted by Crippen LogP contribution is -2.49. The summed E-state index contributed by atoms with van der Waals surface area (Å²) in [5.74, 6) is -0.337. The van der Waals surface area contributed by atoms with Gasteiger partial charge in [-0.05, 0) is 49.8 Å². The molecule has 2 aliphatic heterocycles. The van der Waals surface area contributed by atoms with Crippen molar-refractivity contribution >= 4 is 22.7 Å². The first-order valence-corrected chi connectivity index (χ1v) is 11.4. The number of fused-ring (bicyclic) bond motifs is 7. The van der Waals surface area contributed by atoms with Gasteiger partial charge in [0.15, 0.2) is 5.72 Å². The van der Waals surface area contributed by atoms with Crippen molar-refractivity contribution < 1.29 is 14.7 Å². The third-order valence-electron chi connectivity index (χ3n) is 7.49. The normalized spacial score (nSPS) is 25.7. The lowest BCUT2D eigenvalue weighted by molar-refractivity contribution is -0.110. The van der Waals surface area contributed by atoms with Crippen LogP contribution >= 0.6 is 0 Å². The third-order valence-corrected chi connectivity index (χ3v) is 7.49. The van der Waals surface area contributed by atoms with Crippen LogP contribution in [-0.2, 0) is 12.1 Å². The van der Waals surface area contributed by atoms with E-state index in [2.05, 4.69) is 6.07 Å². The predicted octanol–water partition coefficient (Wildman–Crippen LogP) is 4.58. The molecule has 0 spiro atoms. The van der Waals surface area contributed by atoms with Crippen molar-refractivity contribution in [3.8, 4) is 0 Å². The average molecular weight is 415 g/mol. The molecule has 158 valence electrons. The smallest absolute Gasteiger partial charge is 0.256 e. The molecule has 5 heteroatoms. The summed E-state index contributed by atoms with van der Waals surface area (Å²) in [6, 6.07) is 15.5. The Morgan fingerprint density at radius 1 is 0.903 bits per heavy atom. The van der Waals surface area contributed by atoms with Gasteiger partial charge in [-0.1, -0.05) is 42.8 Å². The molecule has 0 bridgehead atoms. The van der Waals surface area contributed by atoms with E-state index in [1.807, 2.05) is 47.0 Å². The van der Waals surface area contributed by atoms with E-state index >= 15 is 0 Å². The van der Waals surface area contributed by atoms with Crippen molar-refractivity contribution in [1.82, 2.24) is 9.47 Å². The second kappa shape index (κ2) is 6.79. The summed E-state index contributed by atoms with van der Waals surface area (Å²) in [5.41, 5.74) is 2.83. The lowest BCUT2D eigenvalue weighted by Gasteiger charge is -2.43. The number of carbonyl (C=O) groups is 2. The second-order valence-electron chi connectivity index (χ2n) is 9.09. The molecule has 5 nitrogen and oxygen atoms in total. The summed E-state index contributed by atoms with van der Waals surface area (Å²) in [6.45, 7) is 0.504. The minimum Gasteiger partial charge on any atom is -0.366 e. The SMILES string of the molecule is O=C1c2ccccc2C2(O)C3CCCc4c3n(c3ccccc43)C(=O)CCCCCN12. The predicted molar refractivity (Wildman–Crippen MR) is 118 cm³/mol. The molecule has 1 amide bonds. The third kappa shape index (κ3) is 2.47. The van der Waals surface area contributed by atoms with E-state index in [-0.39, 0.29) is 17.7 Å². The van der Waals surface area contributed by atoms with Gasteiger partial charge in [-0.3, -0.25) is 14.2 Å². The van der Waals surface area contributed by atoms with Crippen LogP contribution in [0.5, 0.6) is 0 Å². The van der Waals surface area contributed by atoms with Gasteiger partial charge in [0.1, 0.15) is 0 Å². The number of amides is 1. The quantitative estimate of drug-likeness (QED) is 0.586. The fourth-order valence-corrected chi connectivity index (χ4v) is 6.15. The zero-order chi connectivity index (χ0) is 21.2. The van der Waals surface area contributed by atoms with Gasteiger partial charge in [-0.2, -0.15) is 0 Å². The zero-order valence-electron chi connectivity index (χ0n) is 17.5. The second-order valence-corrected chi connectivity index (χ2v) is 9.09. The highest BCUT2D eigenvalue weighted by molar-refractivity contribution is 6.00. The molecule has 0 saturated carbocycles. The Hall–Kier alpha value is -2.92. The zero-order valence-corrected chi connectivity index (χ0v) is 17.5. The van der Waals surface area contributed by atoms with Crippen LogP contribution in [0.15, 0.2) is 48.5 Å². The standard InChI is InChI=1S/C26H26N2O3/c29-23-15-2-1-7-16-27-25(30)19-10-3-5-12-20(19)26(27,31)21-13-8-11-18-17-9-4-6-14-22(17)28(23)24(18)21/h3-6,9-10,12,14,21,31H,1-2,7-8,11,13,15-16H2. The van der Waals surface area contributed by atoms with Crippen molar-refractivity contribution in [3.05, 3.63) is 70.9 Å². The Kier molecular flexibility index (Phi) is 4.12. The minimum absolute atomic E-state index is 0.0963. The van der Waals surface area contributed by atoms with Gasteiger partial charge < -0.3 is 10.0 Å². The van der Waals surface area contributed by atoms with E-state index in [1.54, 1.807) is 4.90 Å². The molecule has 2 atom stereocenters. The Balaban J connectivity index is 1.68. The Labute approximate surface area is 181 Å². The minimum atomic E-state index is -1.43. The van der Waals surface area contributed by atoms with Gasteiger partial charge >= 0.3 is 0 Å². The van der Waals surface area contributed by atoms with Crippen LogP contribution in [0, 0.1) is 0 Å². The molecular weight excluding hydrogens is 388 g/mol. The van der Waals surface area contributed by atoms with E-state index in [0.29, 0.717) is 24.1 Å². The number of para-hydroxylation sites is 1. The van der Waals surface area contributed by atoms with Crippen molar-refractivity contribution in [2.45, 2.75) is 56.6 Å². The topological polar surface area (TPSA) is 62.5 Å². The molecule has 2 unspecified atom stereocenters. The first-order chi connectivity index (χ1) is 15.1. The van der Waals surface area contributed by atoms with Gasteiger partial charge in [-0.25, -0.2) is 0 Å². The summed E-state index contributed by atoms with van der Waals surface area (Å²) in [4.78, 5) is 28.5. The van der Waals surface area contributed by atoms with Crippen molar-refractivity contribution in [3.63, 3.8) is 0 Å². The van der Waals surface area contributed by atoms with Crippen molar-refractivity contribution in [1.29, 1.82) is 0 Å². The molecule has 0 saturated heterocycles. The maximum absolute atomic E-state index is 13.5. The molecule has 0 fully saturated rings. The molecule has 2 aromatic carbocycles. The fraction of sp³-hybridized carbons (Fsp3) is 0.385. The monoisotopic (exact) mass is 414 g/mol. The largest absolute Gasteiger partial charge is 0.366 e. The summed E-state index contributed by atoms with van der Waals surface area (Å²) >= 11 is 0. The Bertz CT molecular complexity index is 1230. The number of nitrogens with zero attached hydrogens (tertiary/aromatic N) is 2. The number of benzene rings is 2. The Morgan fingerprint density at radius 3 is 2.61 bits per heavy atom. The summed E-state index contributed by atoms with van der Waals surface area (Å²) in [7, 11) is 0. The van der Waals surface area contributed by atoms with Crippen molar-refractivity contribution in [2.24, 2.45) is 0 Å². The van der Waals surface area contributed by atoms with Gasteiger partial charge in [0.05, 0.1) is 11.4 Å². The number of hydrogen-bond donors (Lipinski definition) is 1. The number of aromatic nitrogens is 1. The fourth-order valence-electron chi connectivity index (χ4n) is 6.15. The van der Waals surface area contributed by atoms with Crippen LogP contribution in [0.1, 0.15) is 76.4 Å². The van der Waals surface area contributed by atoms with Crippen LogP contribution in [-0.4, -0.2) is 32.9 Å². The Morgan fingerprint density at radius 2 is 1.71 bits per heavy atom. The van der Waals surface area contributed by atoms with Crippen LogP contribution in [0.2, 0.25) is 0 Å². The number of aliphatic hydroxyl groups is 1. The summed E-state index contributed by atoms with van der Waals surface area (Å²) < 4.78 is 1.88. The summed E-state index contributed by atoms with van der Waals surface area (Å²) in [5, 5.41) is 13.5. The first-order valence-electron chi connectivity index (χ1n) is 11.4. The molecule has 3 heterocycles. The highest BCUT2D eigenvalue weighted by Gasteiger charge is 2.55. The molecule has 3 aromatic rings. The molecule has 6 rings (SSSR count). The van der Waals surface area contributed by atoms with E-state index in [9.17, 15) is 14.7 Å². The number of rotatable bonds is 0. The van der Waals surface area contributed by atoms with Gasteiger partial charge in [0, 0.05) is 35.2 Å². The van der Waals surface area contributed by atoms with E-state index in [0.717, 1.165) is 60.7 Å². The number of aryl methyl sites for hydroxylation is 1. The van der Waals surface area contributed by atoms with Crippen molar-refractivity contribution in [2.75, 3.05) is 6.54 Å². The van der Waals surface area contributed by atoms with Crippen LogP contribution in [0.4, 0.5) is 0 Å². The number of hydrogen-bond acceptors (Lipinski definition) is 3. The van der Waals surface area contributed by atoms with Crippen LogP contribution < -0.4 is 0 Å². The molecule has 1 aromatic heterocycles. The van der Waals surface area contributed by atoms with Gasteiger partial charge in [0.25, 0.3) is 5.91 Å². The number of carbonyl (C=O) groups excluding carboxylic acids is 2. The van der Waals surface area contributed by atoms with E-state index in [1.165, 1.54) is 0 Å². The molecular formula is C26H26N2O3. The van der Waals surface area contributed by atoms with Gasteiger partial charge in [0.2, 0.25) is 5.91 Å². The summed E-state index contributed by atoms with van der Waals surface area (Å²) in [6.07, 6.45) is 5.47. The van der Waals surface area contributed by atoms with Gasteiger partial charge in [-0.15, -0.1) is 0 Å². The molecule has 1 aliphatic carbocycles. The van der Waals surface area contributed by atoms with Crippen LogP contribution in [0.3, 0.4) is 0 Å². The molecule has 0 radical (unpaired) electrons. The van der Waals surface area contributed by atoms with E-state index in [4.69, 9.17) is 0 Å². The van der Waals surface area contributed by atoms with Crippen LogP contribution in [0.25, 0.3) is 10.9 Å². The first kappa shape index (κ1) is 18.8. The van der Waals surface area contributed by atoms with E-state index < -0.39 is 5.72 Å². The molecule has 1 N–H and O–H groups in total. The molecule has 3 aliphatic rings. The maximum atomic E-state index is 13.5. The maximum Gasteiger partial charge on any atom is 0.256 e. The lowest BCUT2D eigenvalue weighted by atomic mass is 9.77. The average Bonchev–Trinajstić information content (AvgIpc) is 3.24. The highest BCUT2D eigenvalue weighted by atomic mass is 16.3.